The Balaban J connectivity index is 0.00000220. The van der Waals surface area contributed by atoms with Crippen LogP contribution in [0.1, 0.15) is 18.4 Å². The van der Waals surface area contributed by atoms with Crippen molar-refractivity contribution in [3.8, 4) is 5.75 Å². The molecule has 1 fully saturated rings. The van der Waals surface area contributed by atoms with Crippen LogP contribution in [0.5, 0.6) is 5.75 Å². The molecule has 1 atom stereocenters. The smallest absolute Gasteiger partial charge is 0.247 e. The van der Waals surface area contributed by atoms with Crippen LogP contribution in [0.25, 0.3) is 6.08 Å². The first-order valence-corrected chi connectivity index (χ1v) is 6.35. The summed E-state index contributed by atoms with van der Waals surface area (Å²) in [5.74, 6) is -0.750. The van der Waals surface area contributed by atoms with Crippen LogP contribution in [0, 0.1) is 0 Å². The summed E-state index contributed by atoms with van der Waals surface area (Å²) in [4.78, 5) is 24.7. The molecule has 1 aliphatic heterocycles. The van der Waals surface area contributed by atoms with Gasteiger partial charge in [-0.1, -0.05) is 0 Å². The molecule has 1 unspecified atom stereocenters. The van der Waals surface area contributed by atoms with Crippen molar-refractivity contribution in [2.24, 2.45) is 5.73 Å². The fourth-order valence-corrected chi connectivity index (χ4v) is 2.29. The third kappa shape index (κ3) is 3.88. The lowest BCUT2D eigenvalue weighted by molar-refractivity contribution is -0.133. The summed E-state index contributed by atoms with van der Waals surface area (Å²) >= 11 is 0. The Morgan fingerprint density at radius 3 is 2.76 bits per heavy atom. The van der Waals surface area contributed by atoms with Crippen LogP contribution >= 0.6 is 12.4 Å². The molecule has 2 rings (SSSR count). The summed E-state index contributed by atoms with van der Waals surface area (Å²) in [6, 6.07) is 4.05. The van der Waals surface area contributed by atoms with Crippen molar-refractivity contribution in [2.75, 3.05) is 12.3 Å². The Hall–Kier alpha value is -2.21. The number of amides is 2. The fraction of sp³-hybridized carbons (Fsp3) is 0.286. The van der Waals surface area contributed by atoms with Crippen LogP contribution in [0.2, 0.25) is 0 Å². The zero-order valence-electron chi connectivity index (χ0n) is 11.4. The van der Waals surface area contributed by atoms with Gasteiger partial charge in [-0.3, -0.25) is 9.59 Å². The van der Waals surface area contributed by atoms with Gasteiger partial charge in [-0.05, 0) is 37.1 Å². The van der Waals surface area contributed by atoms with Gasteiger partial charge in [0.15, 0.2) is 0 Å². The molecule has 0 aliphatic carbocycles. The van der Waals surface area contributed by atoms with Gasteiger partial charge in [0.25, 0.3) is 0 Å². The summed E-state index contributed by atoms with van der Waals surface area (Å²) in [7, 11) is 0. The number of rotatable bonds is 3. The van der Waals surface area contributed by atoms with E-state index >= 15 is 0 Å². The van der Waals surface area contributed by atoms with Gasteiger partial charge in [-0.25, -0.2) is 0 Å². The van der Waals surface area contributed by atoms with E-state index in [0.717, 1.165) is 6.42 Å². The number of carbonyl (C=O) groups is 2. The minimum absolute atomic E-state index is 0. The first-order chi connectivity index (χ1) is 9.49. The van der Waals surface area contributed by atoms with Gasteiger partial charge in [0.05, 0.1) is 0 Å². The van der Waals surface area contributed by atoms with Crippen LogP contribution in [0.3, 0.4) is 0 Å². The first-order valence-electron chi connectivity index (χ1n) is 6.35. The number of benzene rings is 1. The molecule has 7 heteroatoms. The van der Waals surface area contributed by atoms with Gasteiger partial charge in [0, 0.05) is 23.9 Å². The standard InChI is InChI=1S/C14H17N3O3.ClH/c15-10-4-5-12(18)9(8-10)3-6-13(19)17-7-1-2-11(17)14(16)20;/h3-6,8,11,18H,1-2,7,15H2,(H2,16,20);1H. The number of carbonyl (C=O) groups excluding carboxylic acids is 2. The number of phenols is 1. The molecule has 2 amide bonds. The Labute approximate surface area is 128 Å². The molecule has 6 nitrogen and oxygen atoms in total. The molecule has 0 aromatic heterocycles. The molecule has 0 spiro atoms. The number of aromatic hydroxyl groups is 1. The number of hydrogen-bond acceptors (Lipinski definition) is 4. The van der Waals surface area contributed by atoms with Crippen molar-refractivity contribution in [3.05, 3.63) is 29.8 Å². The number of nitrogen functional groups attached to an aromatic ring is 1. The van der Waals surface area contributed by atoms with Gasteiger partial charge in [0.2, 0.25) is 11.8 Å². The van der Waals surface area contributed by atoms with Crippen LogP contribution in [-0.2, 0) is 9.59 Å². The van der Waals surface area contributed by atoms with Crippen LogP contribution in [-0.4, -0.2) is 34.4 Å². The van der Waals surface area contributed by atoms with E-state index in [2.05, 4.69) is 0 Å². The largest absolute Gasteiger partial charge is 0.507 e. The van der Waals surface area contributed by atoms with E-state index in [1.807, 2.05) is 0 Å². The van der Waals surface area contributed by atoms with E-state index < -0.39 is 11.9 Å². The molecule has 21 heavy (non-hydrogen) atoms. The van der Waals surface area contributed by atoms with E-state index in [1.165, 1.54) is 23.1 Å². The summed E-state index contributed by atoms with van der Waals surface area (Å²) < 4.78 is 0. The van der Waals surface area contributed by atoms with E-state index in [0.29, 0.717) is 24.2 Å². The summed E-state index contributed by atoms with van der Waals surface area (Å²) in [6.45, 7) is 0.514. The average molecular weight is 312 g/mol. The Morgan fingerprint density at radius 2 is 2.10 bits per heavy atom. The molecule has 1 saturated heterocycles. The highest BCUT2D eigenvalue weighted by molar-refractivity contribution is 5.96. The molecular weight excluding hydrogens is 294 g/mol. The number of nitrogens with two attached hydrogens (primary N) is 2. The van der Waals surface area contributed by atoms with Crippen molar-refractivity contribution in [3.63, 3.8) is 0 Å². The Morgan fingerprint density at radius 1 is 1.38 bits per heavy atom. The van der Waals surface area contributed by atoms with Crippen molar-refractivity contribution < 1.29 is 14.7 Å². The van der Waals surface area contributed by atoms with E-state index in [1.54, 1.807) is 12.1 Å². The molecule has 1 heterocycles. The third-order valence-corrected chi connectivity index (χ3v) is 3.32. The highest BCUT2D eigenvalue weighted by Crippen LogP contribution is 2.22. The first kappa shape index (κ1) is 16.8. The highest BCUT2D eigenvalue weighted by Gasteiger charge is 2.31. The van der Waals surface area contributed by atoms with Gasteiger partial charge in [0.1, 0.15) is 11.8 Å². The van der Waals surface area contributed by atoms with Crippen LogP contribution < -0.4 is 11.5 Å². The lowest BCUT2D eigenvalue weighted by atomic mass is 10.1. The molecule has 0 radical (unpaired) electrons. The fourth-order valence-electron chi connectivity index (χ4n) is 2.29. The summed E-state index contributed by atoms with van der Waals surface area (Å²) in [5, 5.41) is 9.65. The molecule has 114 valence electrons. The Bertz CT molecular complexity index is 575. The van der Waals surface area contributed by atoms with Gasteiger partial charge in [-0.2, -0.15) is 0 Å². The quantitative estimate of drug-likeness (QED) is 0.437. The predicted octanol–water partition coefficient (Wildman–Crippen LogP) is 0.886. The molecule has 0 saturated carbocycles. The number of halogens is 1. The zero-order chi connectivity index (χ0) is 14.7. The highest BCUT2D eigenvalue weighted by atomic mass is 35.5. The second kappa shape index (κ2) is 6.99. The molecular formula is C14H18ClN3O3. The van der Waals surface area contributed by atoms with E-state index in [9.17, 15) is 14.7 Å². The Kier molecular flexibility index (Phi) is 5.60. The minimum atomic E-state index is -0.540. The maximum Gasteiger partial charge on any atom is 0.247 e. The average Bonchev–Trinajstić information content (AvgIpc) is 2.89. The van der Waals surface area contributed by atoms with Crippen molar-refractivity contribution in [2.45, 2.75) is 18.9 Å². The number of likely N-dealkylation sites (tertiary alicyclic amines) is 1. The zero-order valence-corrected chi connectivity index (χ0v) is 12.2. The molecule has 1 aromatic rings. The molecule has 0 bridgehead atoms. The summed E-state index contributed by atoms with van der Waals surface area (Å²) in [5.41, 5.74) is 11.8. The number of primary amides is 1. The second-order valence-electron chi connectivity index (χ2n) is 4.74. The maximum atomic E-state index is 12.0. The lowest BCUT2D eigenvalue weighted by Crippen LogP contribution is -2.43. The number of anilines is 1. The van der Waals surface area contributed by atoms with E-state index in [4.69, 9.17) is 11.5 Å². The molecule has 1 aliphatic rings. The SMILES string of the molecule is Cl.NC(=O)C1CCCN1C(=O)C=Cc1cc(N)ccc1O. The van der Waals surface area contributed by atoms with Gasteiger partial charge in [-0.15, -0.1) is 12.4 Å². The lowest BCUT2D eigenvalue weighted by Gasteiger charge is -2.20. The predicted molar refractivity (Wildman–Crippen MR) is 82.7 cm³/mol. The number of hydrogen-bond donors (Lipinski definition) is 3. The van der Waals surface area contributed by atoms with Crippen LogP contribution in [0.4, 0.5) is 5.69 Å². The maximum absolute atomic E-state index is 12.0. The summed E-state index contributed by atoms with van der Waals surface area (Å²) in [6.07, 6.45) is 4.15. The van der Waals surface area contributed by atoms with E-state index in [-0.39, 0.29) is 24.1 Å². The van der Waals surface area contributed by atoms with Crippen molar-refractivity contribution in [1.29, 1.82) is 0 Å². The molecule has 5 N–H and O–H groups in total. The van der Waals surface area contributed by atoms with Crippen molar-refractivity contribution in [1.82, 2.24) is 4.90 Å². The number of phenolic OH excluding ortho intramolecular Hbond substituents is 1. The minimum Gasteiger partial charge on any atom is -0.507 e. The number of nitrogens with zero attached hydrogens (tertiary/aromatic N) is 1. The normalized spacial score (nSPS) is 17.7. The van der Waals surface area contributed by atoms with Crippen molar-refractivity contribution >= 4 is 36.0 Å². The van der Waals surface area contributed by atoms with Gasteiger partial charge < -0.3 is 21.5 Å². The van der Waals surface area contributed by atoms with Crippen LogP contribution in [0.15, 0.2) is 24.3 Å². The van der Waals surface area contributed by atoms with Gasteiger partial charge >= 0.3 is 0 Å². The topological polar surface area (TPSA) is 110 Å². The molecule has 1 aromatic carbocycles. The second-order valence-corrected chi connectivity index (χ2v) is 4.74. The monoisotopic (exact) mass is 311 g/mol. The third-order valence-electron chi connectivity index (χ3n) is 3.32.